The van der Waals surface area contributed by atoms with Crippen LogP contribution in [0, 0.1) is 5.41 Å². The van der Waals surface area contributed by atoms with Gasteiger partial charge in [-0.3, -0.25) is 4.79 Å². The molecule has 0 radical (unpaired) electrons. The van der Waals surface area contributed by atoms with Crippen LogP contribution in [0.25, 0.3) is 0 Å². The molecule has 0 saturated carbocycles. The number of rotatable bonds is 4. The molecule has 1 N–H and O–H groups in total. The summed E-state index contributed by atoms with van der Waals surface area (Å²) < 4.78 is 0. The highest BCUT2D eigenvalue weighted by Crippen LogP contribution is 2.34. The maximum absolute atomic E-state index is 12.1. The third-order valence-corrected chi connectivity index (χ3v) is 3.79. The summed E-state index contributed by atoms with van der Waals surface area (Å²) in [6.45, 7) is 7.96. The molecule has 1 unspecified atom stereocenters. The molecule has 0 spiro atoms. The predicted molar refractivity (Wildman–Crippen MR) is 64.9 cm³/mol. The second-order valence-corrected chi connectivity index (χ2v) is 4.57. The lowest BCUT2D eigenvalue weighted by Gasteiger charge is -2.27. The van der Waals surface area contributed by atoms with Crippen molar-refractivity contribution in [3.63, 3.8) is 0 Å². The minimum atomic E-state index is -0.783. The Morgan fingerprint density at radius 3 is 2.24 bits per heavy atom. The average Bonchev–Trinajstić information content (AvgIpc) is 2.76. The van der Waals surface area contributed by atoms with E-state index in [4.69, 9.17) is 0 Å². The number of carbonyl (C=O) groups excluding carboxylic acids is 1. The van der Waals surface area contributed by atoms with Crippen molar-refractivity contribution < 1.29 is 14.7 Å². The summed E-state index contributed by atoms with van der Waals surface area (Å²) in [5.41, 5.74) is -0.733. The van der Waals surface area contributed by atoms with E-state index < -0.39 is 11.4 Å². The number of carboxylic acids is 1. The van der Waals surface area contributed by atoms with E-state index in [1.54, 1.807) is 9.80 Å². The van der Waals surface area contributed by atoms with Gasteiger partial charge in [0.1, 0.15) is 0 Å². The van der Waals surface area contributed by atoms with Crippen molar-refractivity contribution in [2.24, 2.45) is 5.41 Å². The van der Waals surface area contributed by atoms with Crippen molar-refractivity contribution in [1.29, 1.82) is 0 Å². The van der Waals surface area contributed by atoms with Crippen LogP contribution in [0.2, 0.25) is 0 Å². The van der Waals surface area contributed by atoms with E-state index >= 15 is 0 Å². The Bertz CT molecular complexity index is 302. The molecule has 1 atom stereocenters. The van der Waals surface area contributed by atoms with Crippen LogP contribution in [0.4, 0.5) is 4.79 Å². The Morgan fingerprint density at radius 1 is 1.29 bits per heavy atom. The number of hydrogen-bond acceptors (Lipinski definition) is 2. The highest BCUT2D eigenvalue weighted by molar-refractivity contribution is 5.79. The first kappa shape index (κ1) is 13.8. The highest BCUT2D eigenvalue weighted by atomic mass is 16.4. The molecule has 1 rings (SSSR count). The molecule has 0 aromatic carbocycles. The summed E-state index contributed by atoms with van der Waals surface area (Å²) in [6, 6.07) is -0.0356. The second-order valence-electron chi connectivity index (χ2n) is 4.57. The Kier molecular flexibility index (Phi) is 4.37. The van der Waals surface area contributed by atoms with E-state index in [1.807, 2.05) is 20.8 Å². The number of aliphatic carboxylic acids is 1. The van der Waals surface area contributed by atoms with Crippen molar-refractivity contribution in [3.8, 4) is 0 Å². The van der Waals surface area contributed by atoms with Gasteiger partial charge in [0.15, 0.2) is 0 Å². The second kappa shape index (κ2) is 5.38. The summed E-state index contributed by atoms with van der Waals surface area (Å²) >= 11 is 0. The van der Waals surface area contributed by atoms with Gasteiger partial charge in [-0.25, -0.2) is 4.79 Å². The van der Waals surface area contributed by atoms with Gasteiger partial charge in [-0.15, -0.1) is 0 Å². The molecule has 5 heteroatoms. The van der Waals surface area contributed by atoms with Gasteiger partial charge in [-0.05, 0) is 26.7 Å². The van der Waals surface area contributed by atoms with E-state index in [-0.39, 0.29) is 6.03 Å². The van der Waals surface area contributed by atoms with Crippen molar-refractivity contribution in [1.82, 2.24) is 9.80 Å². The van der Waals surface area contributed by atoms with Gasteiger partial charge >= 0.3 is 12.0 Å². The summed E-state index contributed by atoms with van der Waals surface area (Å²) in [4.78, 5) is 26.8. The first-order valence-electron chi connectivity index (χ1n) is 6.28. The van der Waals surface area contributed by atoms with E-state index in [0.29, 0.717) is 39.0 Å². The number of carbonyl (C=O) groups is 2. The summed E-state index contributed by atoms with van der Waals surface area (Å²) in [6.07, 6.45) is 1.14. The van der Waals surface area contributed by atoms with Crippen LogP contribution < -0.4 is 0 Å². The zero-order valence-corrected chi connectivity index (χ0v) is 10.9. The molecule has 2 amide bonds. The maximum atomic E-state index is 12.1. The van der Waals surface area contributed by atoms with Crippen molar-refractivity contribution in [2.45, 2.75) is 33.6 Å². The van der Waals surface area contributed by atoms with Crippen LogP contribution in [-0.4, -0.2) is 53.1 Å². The summed E-state index contributed by atoms with van der Waals surface area (Å²) in [5.74, 6) is -0.783. The van der Waals surface area contributed by atoms with Crippen LogP contribution in [0.1, 0.15) is 33.6 Å². The zero-order chi connectivity index (χ0) is 13.1. The molecule has 1 heterocycles. The minimum Gasteiger partial charge on any atom is -0.481 e. The summed E-state index contributed by atoms with van der Waals surface area (Å²) in [5, 5.41) is 9.26. The molecule has 5 nitrogen and oxygen atoms in total. The number of hydrogen-bond donors (Lipinski definition) is 1. The number of amides is 2. The predicted octanol–water partition coefficient (Wildman–Crippen LogP) is 1.63. The standard InChI is InChI=1S/C12H22N2O3/c1-4-12(10(15)16)7-8-14(9-12)11(17)13(5-2)6-3/h4-9H2,1-3H3,(H,15,16). The normalized spacial score (nSPS) is 23.8. The fourth-order valence-corrected chi connectivity index (χ4v) is 2.34. The Hall–Kier alpha value is -1.26. The van der Waals surface area contributed by atoms with Crippen LogP contribution in [-0.2, 0) is 4.79 Å². The van der Waals surface area contributed by atoms with Gasteiger partial charge in [0.05, 0.1) is 5.41 Å². The Balaban J connectivity index is 2.72. The Morgan fingerprint density at radius 2 is 1.88 bits per heavy atom. The average molecular weight is 242 g/mol. The van der Waals surface area contributed by atoms with Gasteiger partial charge < -0.3 is 14.9 Å². The zero-order valence-electron chi connectivity index (χ0n) is 10.9. The Labute approximate surface area is 102 Å². The van der Waals surface area contributed by atoms with E-state index in [1.165, 1.54) is 0 Å². The molecule has 98 valence electrons. The van der Waals surface area contributed by atoms with E-state index in [9.17, 15) is 14.7 Å². The first-order chi connectivity index (χ1) is 8.00. The third-order valence-electron chi connectivity index (χ3n) is 3.79. The molecule has 17 heavy (non-hydrogen) atoms. The monoisotopic (exact) mass is 242 g/mol. The van der Waals surface area contributed by atoms with Crippen molar-refractivity contribution in [2.75, 3.05) is 26.2 Å². The lowest BCUT2D eigenvalue weighted by molar-refractivity contribution is -0.148. The highest BCUT2D eigenvalue weighted by Gasteiger charge is 2.45. The molecule has 1 fully saturated rings. The number of nitrogens with zero attached hydrogens (tertiary/aromatic N) is 2. The van der Waals surface area contributed by atoms with Crippen molar-refractivity contribution in [3.05, 3.63) is 0 Å². The molecule has 0 aromatic rings. The SMILES string of the molecule is CCN(CC)C(=O)N1CCC(CC)(C(=O)O)C1. The molecule has 1 saturated heterocycles. The van der Waals surface area contributed by atoms with Gasteiger partial charge in [0, 0.05) is 26.2 Å². The molecular weight excluding hydrogens is 220 g/mol. The van der Waals surface area contributed by atoms with E-state index in [0.717, 1.165) is 0 Å². The van der Waals surface area contributed by atoms with Crippen LogP contribution >= 0.6 is 0 Å². The topological polar surface area (TPSA) is 60.9 Å². The third kappa shape index (κ3) is 2.53. The first-order valence-corrected chi connectivity index (χ1v) is 6.28. The lowest BCUT2D eigenvalue weighted by Crippen LogP contribution is -2.44. The van der Waals surface area contributed by atoms with Gasteiger partial charge in [-0.2, -0.15) is 0 Å². The lowest BCUT2D eigenvalue weighted by atomic mass is 9.84. The van der Waals surface area contributed by atoms with E-state index in [2.05, 4.69) is 0 Å². The fraction of sp³-hybridized carbons (Fsp3) is 0.833. The molecule has 0 aliphatic carbocycles. The van der Waals surface area contributed by atoms with Gasteiger partial charge in [-0.1, -0.05) is 6.92 Å². The minimum absolute atomic E-state index is 0.0356. The molecular formula is C12H22N2O3. The van der Waals surface area contributed by atoms with Gasteiger partial charge in [0.2, 0.25) is 0 Å². The summed E-state index contributed by atoms with van der Waals surface area (Å²) in [7, 11) is 0. The van der Waals surface area contributed by atoms with Gasteiger partial charge in [0.25, 0.3) is 0 Å². The molecule has 1 aliphatic heterocycles. The molecule has 0 bridgehead atoms. The molecule has 0 aromatic heterocycles. The maximum Gasteiger partial charge on any atom is 0.320 e. The number of likely N-dealkylation sites (tertiary alicyclic amines) is 1. The number of urea groups is 1. The molecule has 1 aliphatic rings. The largest absolute Gasteiger partial charge is 0.481 e. The van der Waals surface area contributed by atoms with Crippen LogP contribution in [0.15, 0.2) is 0 Å². The fourth-order valence-electron chi connectivity index (χ4n) is 2.34. The van der Waals surface area contributed by atoms with Crippen LogP contribution in [0.3, 0.4) is 0 Å². The van der Waals surface area contributed by atoms with Crippen LogP contribution in [0.5, 0.6) is 0 Å². The quantitative estimate of drug-likeness (QED) is 0.815. The smallest absolute Gasteiger partial charge is 0.320 e. The number of carboxylic acid groups (broad SMARTS) is 1. The van der Waals surface area contributed by atoms with Crippen molar-refractivity contribution >= 4 is 12.0 Å².